The predicted octanol–water partition coefficient (Wildman–Crippen LogP) is 3.33. The molecular formula is C21H22N4. The van der Waals surface area contributed by atoms with Crippen LogP contribution in [0.3, 0.4) is 0 Å². The molecule has 25 heavy (non-hydrogen) atoms. The second-order valence-electron chi connectivity index (χ2n) is 6.34. The maximum Gasteiger partial charge on any atom is 0.128 e. The van der Waals surface area contributed by atoms with Crippen LogP contribution in [0.5, 0.6) is 0 Å². The second-order valence-corrected chi connectivity index (χ2v) is 6.34. The van der Waals surface area contributed by atoms with Crippen molar-refractivity contribution >= 4 is 5.82 Å². The third-order valence-corrected chi connectivity index (χ3v) is 4.68. The van der Waals surface area contributed by atoms with Gasteiger partial charge in [-0.1, -0.05) is 30.3 Å². The van der Waals surface area contributed by atoms with Crippen LogP contribution in [0.25, 0.3) is 0 Å². The van der Waals surface area contributed by atoms with Gasteiger partial charge in [0.2, 0.25) is 0 Å². The zero-order chi connectivity index (χ0) is 16.9. The maximum atomic E-state index is 4.49. The van der Waals surface area contributed by atoms with Crippen molar-refractivity contribution in [3.05, 3.63) is 89.4 Å². The Bertz CT molecular complexity index is 818. The lowest BCUT2D eigenvalue weighted by Gasteiger charge is -2.31. The average Bonchev–Trinajstić information content (AvgIpc) is 2.69. The van der Waals surface area contributed by atoms with Gasteiger partial charge in [0.1, 0.15) is 5.82 Å². The summed E-state index contributed by atoms with van der Waals surface area (Å²) >= 11 is 0. The van der Waals surface area contributed by atoms with Gasteiger partial charge in [-0.15, -0.1) is 0 Å². The second kappa shape index (κ2) is 7.45. The Morgan fingerprint density at radius 3 is 2.56 bits per heavy atom. The first-order valence-electron chi connectivity index (χ1n) is 8.76. The Kier molecular flexibility index (Phi) is 4.70. The number of rotatable bonds is 5. The Morgan fingerprint density at radius 2 is 1.76 bits per heavy atom. The van der Waals surface area contributed by atoms with Gasteiger partial charge < -0.3 is 10.2 Å². The Morgan fingerprint density at radius 1 is 0.880 bits per heavy atom. The first kappa shape index (κ1) is 15.8. The number of hydrogen-bond donors (Lipinski definition) is 1. The summed E-state index contributed by atoms with van der Waals surface area (Å²) in [7, 11) is 0. The number of nitrogens with one attached hydrogen (secondary N) is 1. The van der Waals surface area contributed by atoms with Crippen molar-refractivity contribution in [3.8, 4) is 0 Å². The van der Waals surface area contributed by atoms with Crippen LogP contribution in [-0.4, -0.2) is 16.5 Å². The number of anilines is 1. The van der Waals surface area contributed by atoms with E-state index >= 15 is 0 Å². The van der Waals surface area contributed by atoms with Crippen LogP contribution < -0.4 is 10.2 Å². The van der Waals surface area contributed by atoms with Crippen LogP contribution in [0.4, 0.5) is 5.82 Å². The highest BCUT2D eigenvalue weighted by Gasteiger charge is 2.19. The van der Waals surface area contributed by atoms with Gasteiger partial charge in [0.05, 0.1) is 5.69 Å². The molecule has 3 aromatic rings. The average molecular weight is 330 g/mol. The van der Waals surface area contributed by atoms with E-state index < -0.39 is 0 Å². The van der Waals surface area contributed by atoms with Gasteiger partial charge in [0.15, 0.2) is 0 Å². The molecule has 0 fully saturated rings. The maximum absolute atomic E-state index is 4.49. The van der Waals surface area contributed by atoms with Gasteiger partial charge in [-0.05, 0) is 47.4 Å². The quantitative estimate of drug-likeness (QED) is 0.779. The molecule has 2 aromatic heterocycles. The molecule has 0 bridgehead atoms. The lowest BCUT2D eigenvalue weighted by molar-refractivity contribution is 0.659. The summed E-state index contributed by atoms with van der Waals surface area (Å²) in [6.07, 6.45) is 4.77. The Hall–Kier alpha value is -2.72. The highest BCUT2D eigenvalue weighted by Crippen LogP contribution is 2.25. The lowest BCUT2D eigenvalue weighted by Crippen LogP contribution is -2.32. The summed E-state index contributed by atoms with van der Waals surface area (Å²) < 4.78 is 0. The van der Waals surface area contributed by atoms with Crippen LogP contribution in [0, 0.1) is 0 Å². The molecule has 0 saturated heterocycles. The van der Waals surface area contributed by atoms with E-state index in [4.69, 9.17) is 0 Å². The molecule has 3 heterocycles. The molecule has 1 aliphatic heterocycles. The molecule has 126 valence electrons. The lowest BCUT2D eigenvalue weighted by atomic mass is 9.94. The molecule has 0 unspecified atom stereocenters. The monoisotopic (exact) mass is 330 g/mol. The van der Waals surface area contributed by atoms with Crippen LogP contribution in [0.15, 0.2) is 67.0 Å². The normalized spacial score (nSPS) is 13.5. The van der Waals surface area contributed by atoms with E-state index in [0.717, 1.165) is 44.1 Å². The smallest absolute Gasteiger partial charge is 0.128 e. The third kappa shape index (κ3) is 3.69. The van der Waals surface area contributed by atoms with Crippen molar-refractivity contribution in [3.63, 3.8) is 0 Å². The van der Waals surface area contributed by atoms with E-state index in [2.05, 4.69) is 56.6 Å². The summed E-state index contributed by atoms with van der Waals surface area (Å²) in [5.74, 6) is 1.06. The first-order chi connectivity index (χ1) is 12.4. The van der Waals surface area contributed by atoms with Gasteiger partial charge in [-0.3, -0.25) is 4.98 Å². The number of hydrogen-bond acceptors (Lipinski definition) is 4. The molecular weight excluding hydrogens is 308 g/mol. The van der Waals surface area contributed by atoms with Gasteiger partial charge in [0, 0.05) is 38.6 Å². The Labute approximate surface area is 148 Å². The van der Waals surface area contributed by atoms with Crippen LogP contribution in [0.1, 0.15) is 22.4 Å². The fourth-order valence-electron chi connectivity index (χ4n) is 3.42. The zero-order valence-corrected chi connectivity index (χ0v) is 14.2. The zero-order valence-electron chi connectivity index (χ0n) is 14.2. The molecule has 1 N–H and O–H groups in total. The van der Waals surface area contributed by atoms with Crippen LogP contribution in [-0.2, 0) is 26.1 Å². The van der Waals surface area contributed by atoms with E-state index in [0.29, 0.717) is 0 Å². The molecule has 0 atom stereocenters. The number of nitrogens with zero attached hydrogens (tertiary/aromatic N) is 3. The van der Waals surface area contributed by atoms with E-state index in [1.165, 1.54) is 16.7 Å². The van der Waals surface area contributed by atoms with Crippen molar-refractivity contribution in [2.75, 3.05) is 11.4 Å². The van der Waals surface area contributed by atoms with E-state index in [9.17, 15) is 0 Å². The van der Waals surface area contributed by atoms with Crippen molar-refractivity contribution < 1.29 is 0 Å². The van der Waals surface area contributed by atoms with Gasteiger partial charge in [0.25, 0.3) is 0 Å². The minimum atomic E-state index is 0.796. The molecule has 0 spiro atoms. The number of aromatic nitrogens is 2. The van der Waals surface area contributed by atoms with E-state index in [-0.39, 0.29) is 0 Å². The molecule has 4 heteroatoms. The molecule has 0 amide bonds. The van der Waals surface area contributed by atoms with Gasteiger partial charge in [-0.25, -0.2) is 4.98 Å². The van der Waals surface area contributed by atoms with Crippen molar-refractivity contribution in [2.24, 2.45) is 0 Å². The largest absolute Gasteiger partial charge is 0.352 e. The molecule has 1 aromatic carbocycles. The molecule has 4 rings (SSSR count). The fraction of sp³-hybridized carbons (Fsp3) is 0.238. The topological polar surface area (TPSA) is 41.0 Å². The summed E-state index contributed by atoms with van der Waals surface area (Å²) in [5, 5.41) is 3.52. The number of benzene rings is 1. The van der Waals surface area contributed by atoms with Crippen molar-refractivity contribution in [1.82, 2.24) is 15.3 Å². The number of pyridine rings is 2. The van der Waals surface area contributed by atoms with Crippen LogP contribution >= 0.6 is 0 Å². The first-order valence-corrected chi connectivity index (χ1v) is 8.76. The third-order valence-electron chi connectivity index (χ3n) is 4.68. The fourth-order valence-corrected chi connectivity index (χ4v) is 3.42. The summed E-state index contributed by atoms with van der Waals surface area (Å²) in [4.78, 5) is 11.2. The summed E-state index contributed by atoms with van der Waals surface area (Å²) in [6.45, 7) is 3.62. The summed E-state index contributed by atoms with van der Waals surface area (Å²) in [5.41, 5.74) is 5.37. The summed E-state index contributed by atoms with van der Waals surface area (Å²) in [6, 6.07) is 18.8. The standard InChI is InChI=1S/C21H22N4/c1-3-11-23-19(8-1)15-22-14-17-6-5-7-18-16-25(13-10-20(17)18)21-9-2-4-12-24-21/h1-9,11-12,22H,10,13-16H2. The minimum absolute atomic E-state index is 0.796. The molecule has 1 aliphatic rings. The molecule has 0 radical (unpaired) electrons. The molecule has 4 nitrogen and oxygen atoms in total. The SMILES string of the molecule is c1ccc(CNCc2cccc3c2CCN(c2ccccn2)C3)nc1. The van der Waals surface area contributed by atoms with Crippen LogP contribution in [0.2, 0.25) is 0 Å². The van der Waals surface area contributed by atoms with E-state index in [1.54, 1.807) is 0 Å². The van der Waals surface area contributed by atoms with Gasteiger partial charge in [-0.2, -0.15) is 0 Å². The van der Waals surface area contributed by atoms with E-state index in [1.807, 2.05) is 30.6 Å². The highest BCUT2D eigenvalue weighted by molar-refractivity contribution is 5.46. The number of fused-ring (bicyclic) bond motifs is 1. The highest BCUT2D eigenvalue weighted by atomic mass is 15.2. The van der Waals surface area contributed by atoms with Gasteiger partial charge >= 0.3 is 0 Å². The Balaban J connectivity index is 1.44. The van der Waals surface area contributed by atoms with Crippen molar-refractivity contribution in [2.45, 2.75) is 26.1 Å². The molecule has 0 saturated carbocycles. The molecule has 0 aliphatic carbocycles. The predicted molar refractivity (Wildman–Crippen MR) is 100 cm³/mol. The van der Waals surface area contributed by atoms with Crippen molar-refractivity contribution in [1.29, 1.82) is 0 Å². The minimum Gasteiger partial charge on any atom is -0.352 e.